The second-order valence-electron chi connectivity index (χ2n) is 14.3. The molecule has 0 aliphatic carbocycles. The summed E-state index contributed by atoms with van der Waals surface area (Å²) in [7, 11) is 0. The molecule has 5 rings (SSSR count). The van der Waals surface area contributed by atoms with Crippen molar-refractivity contribution in [2.75, 3.05) is 19.9 Å². The number of unbranched alkanes of at least 4 members (excludes halogenated alkanes) is 1. The molecule has 3 N–H and O–H groups in total. The number of alkyl carbamates (subject to hydrolysis) is 1. The van der Waals surface area contributed by atoms with Gasteiger partial charge < -0.3 is 34.7 Å². The molecule has 0 spiro atoms. The Labute approximate surface area is 294 Å². The fraction of sp³-hybridized carbons (Fsp3) is 0.375. The number of phenols is 1. The molecule has 0 radical (unpaired) electrons. The minimum absolute atomic E-state index is 0.130. The fourth-order valence-electron chi connectivity index (χ4n) is 5.53. The molecule has 2 heterocycles. The first-order valence-electron chi connectivity index (χ1n) is 17.0. The first-order chi connectivity index (χ1) is 23.8. The lowest BCUT2D eigenvalue weighted by atomic mass is 9.87. The van der Waals surface area contributed by atoms with Crippen LogP contribution >= 0.6 is 0 Å². The Morgan fingerprint density at radius 2 is 1.60 bits per heavy atom. The Hall–Kier alpha value is -5.25. The predicted molar refractivity (Wildman–Crippen MR) is 192 cm³/mol. The Morgan fingerprint density at radius 1 is 0.860 bits per heavy atom. The van der Waals surface area contributed by atoms with Crippen molar-refractivity contribution in [1.82, 2.24) is 15.6 Å². The normalized spacial score (nSPS) is 13.0. The van der Waals surface area contributed by atoms with Crippen molar-refractivity contribution >= 4 is 12.0 Å². The highest BCUT2D eigenvalue weighted by Gasteiger charge is 2.27. The van der Waals surface area contributed by atoms with Gasteiger partial charge in [-0.25, -0.2) is 9.78 Å². The summed E-state index contributed by atoms with van der Waals surface area (Å²) in [5.41, 5.74) is 3.65. The largest absolute Gasteiger partial charge is 0.508 e. The number of pyridine rings is 1. The number of aromatic nitrogens is 1. The van der Waals surface area contributed by atoms with Gasteiger partial charge in [0.05, 0.1) is 12.3 Å². The SMILES string of the molecule is CC(C)(CCCCOc1cc(-c2ccc3c(c2)OCO3)cc(-c2ccccc2)n1)CNC(=O)C(Cc1ccc(O)cc1)NC(=O)OC(C)(C)C. The molecule has 264 valence electrons. The average Bonchev–Trinajstić information content (AvgIpc) is 3.55. The maximum absolute atomic E-state index is 13.3. The summed E-state index contributed by atoms with van der Waals surface area (Å²) >= 11 is 0. The van der Waals surface area contributed by atoms with Crippen LogP contribution in [0.3, 0.4) is 0 Å². The quantitative estimate of drug-likeness (QED) is 0.116. The molecule has 4 aromatic rings. The summed E-state index contributed by atoms with van der Waals surface area (Å²) in [5, 5.41) is 15.4. The Balaban J connectivity index is 1.15. The van der Waals surface area contributed by atoms with Crippen LogP contribution in [-0.4, -0.2) is 53.7 Å². The highest BCUT2D eigenvalue weighted by Crippen LogP contribution is 2.37. The van der Waals surface area contributed by atoms with E-state index in [1.165, 1.54) is 0 Å². The Bertz CT molecular complexity index is 1750. The van der Waals surface area contributed by atoms with E-state index in [2.05, 4.69) is 30.5 Å². The van der Waals surface area contributed by atoms with Crippen molar-refractivity contribution in [3.8, 4) is 45.5 Å². The first kappa shape index (κ1) is 36.0. The number of carbonyl (C=O) groups excluding carboxylic acids is 2. The molecular weight excluding hydrogens is 634 g/mol. The number of nitrogens with one attached hydrogen (secondary N) is 2. The summed E-state index contributed by atoms with van der Waals surface area (Å²) in [6.07, 6.45) is 2.11. The van der Waals surface area contributed by atoms with E-state index in [0.29, 0.717) is 24.8 Å². The lowest BCUT2D eigenvalue weighted by Crippen LogP contribution is -2.50. The fourth-order valence-corrected chi connectivity index (χ4v) is 5.53. The Morgan fingerprint density at radius 3 is 2.34 bits per heavy atom. The van der Waals surface area contributed by atoms with Gasteiger partial charge in [0.25, 0.3) is 0 Å². The molecule has 10 nitrogen and oxygen atoms in total. The number of hydrogen-bond donors (Lipinski definition) is 3. The van der Waals surface area contributed by atoms with Gasteiger partial charge >= 0.3 is 6.09 Å². The van der Waals surface area contributed by atoms with Crippen LogP contribution < -0.4 is 24.8 Å². The molecule has 0 saturated carbocycles. The zero-order chi connectivity index (χ0) is 35.7. The molecule has 50 heavy (non-hydrogen) atoms. The summed E-state index contributed by atoms with van der Waals surface area (Å²) in [4.78, 5) is 30.7. The summed E-state index contributed by atoms with van der Waals surface area (Å²) < 4.78 is 22.7. The van der Waals surface area contributed by atoms with E-state index >= 15 is 0 Å². The summed E-state index contributed by atoms with van der Waals surface area (Å²) in [6.45, 7) is 10.6. The molecule has 1 aliphatic heterocycles. The van der Waals surface area contributed by atoms with Crippen LogP contribution in [0.1, 0.15) is 59.4 Å². The van der Waals surface area contributed by atoms with E-state index in [1.807, 2.05) is 54.6 Å². The monoisotopic (exact) mass is 681 g/mol. The molecule has 1 atom stereocenters. The van der Waals surface area contributed by atoms with Crippen LogP contribution in [-0.2, 0) is 16.0 Å². The average molecular weight is 682 g/mol. The molecule has 2 amide bonds. The van der Waals surface area contributed by atoms with E-state index in [1.54, 1.807) is 45.0 Å². The number of aromatic hydroxyl groups is 1. The molecule has 1 aliphatic rings. The van der Waals surface area contributed by atoms with Gasteiger partial charge in [-0.2, -0.15) is 0 Å². The van der Waals surface area contributed by atoms with Gasteiger partial charge in [-0.15, -0.1) is 0 Å². The third-order valence-corrected chi connectivity index (χ3v) is 8.20. The molecule has 10 heteroatoms. The van der Waals surface area contributed by atoms with Gasteiger partial charge in [-0.3, -0.25) is 4.79 Å². The maximum Gasteiger partial charge on any atom is 0.408 e. The molecule has 3 aromatic carbocycles. The standard InChI is InChI=1S/C40H47N3O7/c1-39(2,3)50-38(46)43-33(21-27-13-16-31(44)17-14-27)37(45)41-25-40(4,5)19-9-10-20-47-36-24-30(22-32(42-36)28-11-7-6-8-12-28)29-15-18-34-35(23-29)49-26-48-34/h6-8,11-18,22-24,33,44H,9-10,19-21,25-26H2,1-5H3,(H,41,45)(H,43,46). The highest BCUT2D eigenvalue weighted by molar-refractivity contribution is 5.86. The van der Waals surface area contributed by atoms with Crippen LogP contribution in [0.15, 0.2) is 84.9 Å². The number of ether oxygens (including phenoxy) is 4. The van der Waals surface area contributed by atoms with Gasteiger partial charge in [-0.05, 0) is 92.5 Å². The number of carbonyl (C=O) groups is 2. The van der Waals surface area contributed by atoms with Crippen LogP contribution in [0.5, 0.6) is 23.1 Å². The minimum Gasteiger partial charge on any atom is -0.508 e. The third kappa shape index (κ3) is 10.6. The second-order valence-corrected chi connectivity index (χ2v) is 14.3. The topological polar surface area (TPSA) is 128 Å². The molecule has 0 fully saturated rings. The number of fused-ring (bicyclic) bond motifs is 1. The number of hydrogen-bond acceptors (Lipinski definition) is 8. The van der Waals surface area contributed by atoms with Crippen molar-refractivity contribution in [3.63, 3.8) is 0 Å². The third-order valence-electron chi connectivity index (χ3n) is 8.20. The summed E-state index contributed by atoms with van der Waals surface area (Å²) in [6, 6.07) is 25.6. The number of rotatable bonds is 14. The van der Waals surface area contributed by atoms with Crippen molar-refractivity contribution in [1.29, 1.82) is 0 Å². The lowest BCUT2D eigenvalue weighted by Gasteiger charge is -2.27. The van der Waals surface area contributed by atoms with E-state index < -0.39 is 17.7 Å². The molecular formula is C40H47N3O7. The summed E-state index contributed by atoms with van der Waals surface area (Å²) in [5.74, 6) is 1.82. The first-order valence-corrected chi connectivity index (χ1v) is 17.0. The smallest absolute Gasteiger partial charge is 0.408 e. The van der Waals surface area contributed by atoms with Crippen molar-refractivity contribution in [3.05, 3.63) is 90.5 Å². The molecule has 1 aromatic heterocycles. The maximum atomic E-state index is 13.3. The van der Waals surface area contributed by atoms with Gasteiger partial charge in [0.15, 0.2) is 11.5 Å². The van der Waals surface area contributed by atoms with Crippen molar-refractivity contribution < 1.29 is 33.6 Å². The number of benzene rings is 3. The van der Waals surface area contributed by atoms with E-state index in [4.69, 9.17) is 23.9 Å². The number of nitrogens with zero attached hydrogens (tertiary/aromatic N) is 1. The number of amides is 2. The molecule has 1 unspecified atom stereocenters. The van der Waals surface area contributed by atoms with Crippen LogP contribution in [0.2, 0.25) is 0 Å². The predicted octanol–water partition coefficient (Wildman–Crippen LogP) is 7.68. The lowest BCUT2D eigenvalue weighted by molar-refractivity contribution is -0.123. The van der Waals surface area contributed by atoms with Crippen LogP contribution in [0.4, 0.5) is 4.79 Å². The molecule has 0 saturated heterocycles. The van der Waals surface area contributed by atoms with Gasteiger partial charge in [-0.1, -0.05) is 62.4 Å². The van der Waals surface area contributed by atoms with Crippen molar-refractivity contribution in [2.24, 2.45) is 5.41 Å². The van der Waals surface area contributed by atoms with Crippen LogP contribution in [0.25, 0.3) is 22.4 Å². The zero-order valence-corrected chi connectivity index (χ0v) is 29.5. The Kier molecular flexibility index (Phi) is 11.5. The van der Waals surface area contributed by atoms with Gasteiger partial charge in [0, 0.05) is 24.6 Å². The zero-order valence-electron chi connectivity index (χ0n) is 29.5. The second kappa shape index (κ2) is 16.0. The van der Waals surface area contributed by atoms with E-state index in [9.17, 15) is 14.7 Å². The van der Waals surface area contributed by atoms with Gasteiger partial charge in [0.2, 0.25) is 18.6 Å². The number of phenolic OH excluding ortho intramolecular Hbond substituents is 1. The van der Waals surface area contributed by atoms with Crippen molar-refractivity contribution in [2.45, 2.75) is 71.9 Å². The minimum atomic E-state index is -0.847. The van der Waals surface area contributed by atoms with Gasteiger partial charge in [0.1, 0.15) is 17.4 Å². The van der Waals surface area contributed by atoms with Crippen LogP contribution in [0, 0.1) is 5.41 Å². The van der Waals surface area contributed by atoms with E-state index in [-0.39, 0.29) is 30.3 Å². The highest BCUT2D eigenvalue weighted by atomic mass is 16.7. The van der Waals surface area contributed by atoms with E-state index in [0.717, 1.165) is 53.0 Å². The molecule has 0 bridgehead atoms.